The normalized spacial score (nSPS) is 13.1. The van der Waals surface area contributed by atoms with E-state index in [1.165, 1.54) is 11.1 Å². The lowest BCUT2D eigenvalue weighted by atomic mass is 10.2. The molecular formula is C14H19ClN2S. The summed E-state index contributed by atoms with van der Waals surface area (Å²) in [5, 5.41) is 0.580. The first kappa shape index (κ1) is 13.8. The quantitative estimate of drug-likeness (QED) is 0.775. The fourth-order valence-electron chi connectivity index (χ4n) is 2.22. The third-order valence-corrected chi connectivity index (χ3v) is 4.35. The molecule has 0 aliphatic rings. The van der Waals surface area contributed by atoms with Crippen LogP contribution >= 0.6 is 23.4 Å². The number of thioether (sulfide) groups is 1. The molecule has 2 nitrogen and oxygen atoms in total. The van der Waals surface area contributed by atoms with E-state index in [0.29, 0.717) is 11.1 Å². The second-order valence-electron chi connectivity index (χ2n) is 4.57. The van der Waals surface area contributed by atoms with Crippen LogP contribution in [0.3, 0.4) is 0 Å². The summed E-state index contributed by atoms with van der Waals surface area (Å²) in [5.74, 6) is 1.73. The zero-order valence-electron chi connectivity index (χ0n) is 11.1. The molecule has 0 bridgehead atoms. The topological polar surface area (TPSA) is 17.8 Å². The van der Waals surface area contributed by atoms with Gasteiger partial charge in [0.15, 0.2) is 0 Å². The molecule has 4 heteroatoms. The number of para-hydroxylation sites is 1. The average molecular weight is 283 g/mol. The largest absolute Gasteiger partial charge is 0.327 e. The van der Waals surface area contributed by atoms with E-state index in [9.17, 15) is 0 Å². The maximum atomic E-state index is 5.89. The molecule has 1 unspecified atom stereocenters. The highest BCUT2D eigenvalue weighted by atomic mass is 35.5. The molecule has 2 rings (SSSR count). The van der Waals surface area contributed by atoms with Crippen LogP contribution in [0.4, 0.5) is 0 Å². The van der Waals surface area contributed by atoms with Crippen molar-refractivity contribution >= 4 is 34.4 Å². The van der Waals surface area contributed by atoms with Crippen LogP contribution in [0.2, 0.25) is 0 Å². The Morgan fingerprint density at radius 3 is 2.89 bits per heavy atom. The maximum Gasteiger partial charge on any atom is 0.111 e. The van der Waals surface area contributed by atoms with Gasteiger partial charge in [-0.25, -0.2) is 4.98 Å². The van der Waals surface area contributed by atoms with E-state index in [-0.39, 0.29) is 0 Å². The molecule has 0 fully saturated rings. The molecule has 0 radical (unpaired) electrons. The average Bonchev–Trinajstić information content (AvgIpc) is 2.69. The van der Waals surface area contributed by atoms with E-state index >= 15 is 0 Å². The van der Waals surface area contributed by atoms with Gasteiger partial charge in [-0.15, -0.1) is 11.6 Å². The van der Waals surface area contributed by atoms with Crippen LogP contribution in [0.15, 0.2) is 18.2 Å². The van der Waals surface area contributed by atoms with Crippen LogP contribution in [0.1, 0.15) is 18.3 Å². The van der Waals surface area contributed by atoms with Gasteiger partial charge >= 0.3 is 0 Å². The number of hydrogen-bond donors (Lipinski definition) is 0. The summed E-state index contributed by atoms with van der Waals surface area (Å²) >= 11 is 7.77. The number of alkyl halides is 1. The molecule has 0 aliphatic heterocycles. The van der Waals surface area contributed by atoms with Crippen LogP contribution in [0, 0.1) is 6.92 Å². The van der Waals surface area contributed by atoms with Gasteiger partial charge in [0.1, 0.15) is 5.82 Å². The molecule has 1 atom stereocenters. The predicted octanol–water partition coefficient (Wildman–Crippen LogP) is 3.88. The van der Waals surface area contributed by atoms with Crippen molar-refractivity contribution in [2.45, 2.75) is 32.1 Å². The van der Waals surface area contributed by atoms with Crippen LogP contribution in [0.25, 0.3) is 11.0 Å². The molecule has 1 aromatic heterocycles. The van der Waals surface area contributed by atoms with Crippen LogP contribution in [0.5, 0.6) is 0 Å². The molecule has 18 heavy (non-hydrogen) atoms. The number of aryl methyl sites for hydroxylation is 2. The molecular weight excluding hydrogens is 264 g/mol. The van der Waals surface area contributed by atoms with Crippen molar-refractivity contribution in [3.05, 3.63) is 29.6 Å². The number of fused-ring (bicyclic) bond motifs is 1. The molecule has 1 heterocycles. The number of halogens is 1. The highest BCUT2D eigenvalue weighted by Crippen LogP contribution is 2.22. The van der Waals surface area contributed by atoms with Crippen molar-refractivity contribution in [1.82, 2.24) is 9.55 Å². The SMILES string of the molecule is CSC(C)Cn1c(CCCl)nc2cccc(C)c21. The van der Waals surface area contributed by atoms with Crippen molar-refractivity contribution < 1.29 is 0 Å². The van der Waals surface area contributed by atoms with E-state index in [1.54, 1.807) is 0 Å². The first-order valence-corrected chi connectivity index (χ1v) is 8.03. The Hall–Kier alpha value is -0.670. The Morgan fingerprint density at radius 1 is 1.44 bits per heavy atom. The lowest BCUT2D eigenvalue weighted by Gasteiger charge is -2.14. The van der Waals surface area contributed by atoms with Gasteiger partial charge in [-0.1, -0.05) is 19.1 Å². The van der Waals surface area contributed by atoms with E-state index < -0.39 is 0 Å². The maximum absolute atomic E-state index is 5.89. The zero-order chi connectivity index (χ0) is 13.1. The molecule has 98 valence electrons. The van der Waals surface area contributed by atoms with Crippen LogP contribution in [-0.2, 0) is 13.0 Å². The van der Waals surface area contributed by atoms with Gasteiger partial charge in [-0.3, -0.25) is 0 Å². The minimum Gasteiger partial charge on any atom is -0.327 e. The fourth-order valence-corrected chi connectivity index (χ4v) is 2.68. The highest BCUT2D eigenvalue weighted by Gasteiger charge is 2.13. The second-order valence-corrected chi connectivity index (χ2v) is 6.22. The first-order chi connectivity index (χ1) is 8.67. The lowest BCUT2D eigenvalue weighted by molar-refractivity contribution is 0.671. The summed E-state index contributed by atoms with van der Waals surface area (Å²) < 4.78 is 2.34. The first-order valence-electron chi connectivity index (χ1n) is 6.21. The lowest BCUT2D eigenvalue weighted by Crippen LogP contribution is -2.13. The summed E-state index contributed by atoms with van der Waals surface area (Å²) in [6, 6.07) is 6.30. The Morgan fingerprint density at radius 2 is 2.22 bits per heavy atom. The molecule has 0 saturated heterocycles. The number of imidazole rings is 1. The van der Waals surface area contributed by atoms with Gasteiger partial charge in [0.25, 0.3) is 0 Å². The number of benzene rings is 1. The van der Waals surface area contributed by atoms with Gasteiger partial charge in [0.2, 0.25) is 0 Å². The van der Waals surface area contributed by atoms with Crippen molar-refractivity contribution in [3.8, 4) is 0 Å². The molecule has 2 aromatic rings. The van der Waals surface area contributed by atoms with Crippen molar-refractivity contribution in [2.75, 3.05) is 12.1 Å². The molecule has 0 amide bonds. The summed E-state index contributed by atoms with van der Waals surface area (Å²) in [6.45, 7) is 5.39. The summed E-state index contributed by atoms with van der Waals surface area (Å²) in [4.78, 5) is 4.72. The van der Waals surface area contributed by atoms with Crippen molar-refractivity contribution in [1.29, 1.82) is 0 Å². The minimum atomic E-state index is 0.580. The van der Waals surface area contributed by atoms with Gasteiger partial charge in [0, 0.05) is 24.1 Å². The van der Waals surface area contributed by atoms with Gasteiger partial charge in [-0.05, 0) is 24.8 Å². The Bertz CT molecular complexity index is 536. The van der Waals surface area contributed by atoms with Crippen LogP contribution in [-0.4, -0.2) is 26.9 Å². The third kappa shape index (κ3) is 2.67. The molecule has 0 N–H and O–H groups in total. The molecule has 1 aromatic carbocycles. The zero-order valence-corrected chi connectivity index (χ0v) is 12.7. The van der Waals surface area contributed by atoms with Gasteiger partial charge in [-0.2, -0.15) is 11.8 Å². The van der Waals surface area contributed by atoms with E-state index in [4.69, 9.17) is 16.6 Å². The van der Waals surface area contributed by atoms with Crippen LogP contribution < -0.4 is 0 Å². The van der Waals surface area contributed by atoms with E-state index in [1.807, 2.05) is 11.8 Å². The smallest absolute Gasteiger partial charge is 0.111 e. The van der Waals surface area contributed by atoms with Crippen molar-refractivity contribution in [3.63, 3.8) is 0 Å². The van der Waals surface area contributed by atoms with Gasteiger partial charge in [0.05, 0.1) is 11.0 Å². The van der Waals surface area contributed by atoms with E-state index in [0.717, 1.165) is 24.3 Å². The fraction of sp³-hybridized carbons (Fsp3) is 0.500. The summed E-state index contributed by atoms with van der Waals surface area (Å²) in [7, 11) is 0. The van der Waals surface area contributed by atoms with Gasteiger partial charge < -0.3 is 4.57 Å². The summed E-state index contributed by atoms with van der Waals surface area (Å²) in [5.41, 5.74) is 3.64. The molecule has 0 aliphatic carbocycles. The van der Waals surface area contributed by atoms with E-state index in [2.05, 4.69) is 42.9 Å². The second kappa shape index (κ2) is 5.98. The standard InChI is InChI=1S/C14H19ClN2S/c1-10-5-4-6-12-14(10)17(9-11(2)18-3)13(16-12)7-8-15/h4-6,11H,7-9H2,1-3H3. The number of aromatic nitrogens is 2. The highest BCUT2D eigenvalue weighted by molar-refractivity contribution is 7.99. The Kier molecular flexibility index (Phi) is 4.57. The monoisotopic (exact) mass is 282 g/mol. The predicted molar refractivity (Wildman–Crippen MR) is 81.9 cm³/mol. The summed E-state index contributed by atoms with van der Waals surface area (Å²) in [6.07, 6.45) is 2.98. The number of hydrogen-bond acceptors (Lipinski definition) is 2. The number of nitrogens with zero attached hydrogens (tertiary/aromatic N) is 2. The molecule has 0 saturated carbocycles. The Balaban J connectivity index is 2.53. The number of rotatable bonds is 5. The minimum absolute atomic E-state index is 0.580. The molecule has 0 spiro atoms. The Labute approximate surface area is 118 Å². The van der Waals surface area contributed by atoms with Crippen molar-refractivity contribution in [2.24, 2.45) is 0 Å². The third-order valence-electron chi connectivity index (χ3n) is 3.21.